The smallest absolute Gasteiger partial charge is 0.242 e. The van der Waals surface area contributed by atoms with E-state index in [0.29, 0.717) is 24.4 Å². The normalized spacial score (nSPS) is 16.5. The zero-order valence-corrected chi connectivity index (χ0v) is 16.8. The first-order chi connectivity index (χ1) is 13.6. The van der Waals surface area contributed by atoms with Gasteiger partial charge in [0.15, 0.2) is 0 Å². The van der Waals surface area contributed by atoms with Crippen LogP contribution in [0.15, 0.2) is 59.7 Å². The Morgan fingerprint density at radius 3 is 2.71 bits per heavy atom. The SMILES string of the molecule is CCC(=O)N1N=C(c2ccccc2)C[C@@H]1Cc1cc2cccc(C)c2nc1Cl. The Bertz CT molecular complexity index is 1060. The molecule has 5 heteroatoms. The largest absolute Gasteiger partial charge is 0.273 e. The highest BCUT2D eigenvalue weighted by molar-refractivity contribution is 6.30. The molecule has 28 heavy (non-hydrogen) atoms. The molecule has 0 radical (unpaired) electrons. The number of aryl methyl sites for hydroxylation is 1. The molecule has 4 rings (SSSR count). The number of amides is 1. The topological polar surface area (TPSA) is 45.6 Å². The third kappa shape index (κ3) is 3.52. The molecular weight excluding hydrogens is 370 g/mol. The van der Waals surface area contributed by atoms with Gasteiger partial charge in [0.2, 0.25) is 5.91 Å². The molecule has 0 fully saturated rings. The molecular formula is C23H22ClN3O. The van der Waals surface area contributed by atoms with Gasteiger partial charge in [-0.1, -0.05) is 67.1 Å². The summed E-state index contributed by atoms with van der Waals surface area (Å²) in [4.78, 5) is 17.1. The summed E-state index contributed by atoms with van der Waals surface area (Å²) in [7, 11) is 0. The number of aromatic nitrogens is 1. The number of halogens is 1. The maximum Gasteiger partial charge on any atom is 0.242 e. The van der Waals surface area contributed by atoms with Crippen molar-refractivity contribution in [3.63, 3.8) is 0 Å². The van der Waals surface area contributed by atoms with Crippen molar-refractivity contribution in [3.8, 4) is 0 Å². The minimum Gasteiger partial charge on any atom is -0.273 e. The Morgan fingerprint density at radius 2 is 1.96 bits per heavy atom. The van der Waals surface area contributed by atoms with Crippen molar-refractivity contribution >= 4 is 34.1 Å². The standard InChI is InChI=1S/C23H22ClN3O/c1-3-21(28)27-19(14-20(26-27)16-9-5-4-6-10-16)13-18-12-17-11-7-8-15(2)22(17)25-23(18)24/h4-12,19H,3,13-14H2,1-2H3/t19-/m0/s1. The Hall–Kier alpha value is -2.72. The Morgan fingerprint density at radius 1 is 1.18 bits per heavy atom. The lowest BCUT2D eigenvalue weighted by Crippen LogP contribution is -2.33. The van der Waals surface area contributed by atoms with Crippen LogP contribution in [-0.4, -0.2) is 27.7 Å². The van der Waals surface area contributed by atoms with Crippen LogP contribution < -0.4 is 0 Å². The van der Waals surface area contributed by atoms with E-state index in [2.05, 4.69) is 16.2 Å². The highest BCUT2D eigenvalue weighted by Crippen LogP contribution is 2.28. The Balaban J connectivity index is 1.66. The summed E-state index contributed by atoms with van der Waals surface area (Å²) >= 11 is 6.52. The maximum atomic E-state index is 12.5. The Kier molecular flexibility index (Phi) is 5.14. The predicted octanol–water partition coefficient (Wildman–Crippen LogP) is 5.15. The van der Waals surface area contributed by atoms with E-state index in [1.165, 1.54) is 0 Å². The first kappa shape index (κ1) is 18.6. The van der Waals surface area contributed by atoms with Crippen LogP contribution in [0.3, 0.4) is 0 Å². The molecule has 1 atom stereocenters. The van der Waals surface area contributed by atoms with Gasteiger partial charge in [0.25, 0.3) is 0 Å². The van der Waals surface area contributed by atoms with Gasteiger partial charge >= 0.3 is 0 Å². The van der Waals surface area contributed by atoms with Gasteiger partial charge in [-0.2, -0.15) is 5.10 Å². The van der Waals surface area contributed by atoms with Crippen molar-refractivity contribution in [1.29, 1.82) is 0 Å². The predicted molar refractivity (Wildman–Crippen MR) is 114 cm³/mol. The second-order valence-electron chi connectivity index (χ2n) is 7.15. The molecule has 2 aromatic carbocycles. The van der Waals surface area contributed by atoms with E-state index in [9.17, 15) is 4.79 Å². The number of hydrogen-bond donors (Lipinski definition) is 0. The van der Waals surface area contributed by atoms with Gasteiger partial charge in [0.1, 0.15) is 5.15 Å². The van der Waals surface area contributed by atoms with E-state index < -0.39 is 0 Å². The minimum atomic E-state index is -0.0517. The zero-order valence-electron chi connectivity index (χ0n) is 16.0. The number of pyridine rings is 1. The third-order valence-corrected chi connectivity index (χ3v) is 5.52. The minimum absolute atomic E-state index is 0.0247. The summed E-state index contributed by atoms with van der Waals surface area (Å²) in [6.45, 7) is 3.90. The lowest BCUT2D eigenvalue weighted by Gasteiger charge is -2.21. The van der Waals surface area contributed by atoms with Crippen molar-refractivity contribution in [2.24, 2.45) is 5.10 Å². The number of hydrogen-bond acceptors (Lipinski definition) is 3. The molecule has 1 aliphatic heterocycles. The highest BCUT2D eigenvalue weighted by Gasteiger charge is 2.31. The van der Waals surface area contributed by atoms with Gasteiger partial charge in [-0.05, 0) is 36.1 Å². The molecule has 1 amide bonds. The Labute approximate surface area is 169 Å². The number of rotatable bonds is 4. The first-order valence-corrected chi connectivity index (χ1v) is 9.94. The highest BCUT2D eigenvalue weighted by atomic mass is 35.5. The van der Waals surface area contributed by atoms with Crippen LogP contribution in [0.2, 0.25) is 5.15 Å². The van der Waals surface area contributed by atoms with Gasteiger partial charge in [-0.25, -0.2) is 9.99 Å². The van der Waals surface area contributed by atoms with Crippen molar-refractivity contribution in [2.75, 3.05) is 0 Å². The average molecular weight is 392 g/mol. The van der Waals surface area contributed by atoms with E-state index in [1.54, 1.807) is 5.01 Å². The number of fused-ring (bicyclic) bond motifs is 1. The summed E-state index contributed by atoms with van der Waals surface area (Å²) in [5.74, 6) is 0.0247. The van der Waals surface area contributed by atoms with Gasteiger partial charge in [-0.3, -0.25) is 4.79 Å². The molecule has 0 saturated heterocycles. The molecule has 3 aromatic rings. The molecule has 0 unspecified atom stereocenters. The molecule has 142 valence electrons. The number of hydrazone groups is 1. The first-order valence-electron chi connectivity index (χ1n) is 9.56. The van der Waals surface area contributed by atoms with E-state index in [4.69, 9.17) is 11.6 Å². The third-order valence-electron chi connectivity index (χ3n) is 5.20. The second kappa shape index (κ2) is 7.72. The lowest BCUT2D eigenvalue weighted by atomic mass is 9.98. The van der Waals surface area contributed by atoms with Crippen LogP contribution in [-0.2, 0) is 11.2 Å². The summed E-state index contributed by atoms with van der Waals surface area (Å²) < 4.78 is 0. The fourth-order valence-electron chi connectivity index (χ4n) is 3.71. The average Bonchev–Trinajstić information content (AvgIpc) is 3.13. The fraction of sp³-hybridized carbons (Fsp3) is 0.261. The number of para-hydroxylation sites is 1. The fourth-order valence-corrected chi connectivity index (χ4v) is 3.93. The maximum absolute atomic E-state index is 12.5. The van der Waals surface area contributed by atoms with Crippen LogP contribution in [0.25, 0.3) is 10.9 Å². The number of carbonyl (C=O) groups excluding carboxylic acids is 1. The molecule has 0 bridgehead atoms. The van der Waals surface area contributed by atoms with Crippen LogP contribution in [0.1, 0.15) is 36.5 Å². The quantitative estimate of drug-likeness (QED) is 0.577. The van der Waals surface area contributed by atoms with Gasteiger partial charge < -0.3 is 0 Å². The molecule has 4 nitrogen and oxygen atoms in total. The lowest BCUT2D eigenvalue weighted by molar-refractivity contribution is -0.132. The zero-order chi connectivity index (χ0) is 19.7. The molecule has 0 aliphatic carbocycles. The van der Waals surface area contributed by atoms with E-state index in [-0.39, 0.29) is 11.9 Å². The van der Waals surface area contributed by atoms with Crippen LogP contribution in [0, 0.1) is 6.92 Å². The summed E-state index contributed by atoms with van der Waals surface area (Å²) in [6, 6.07) is 18.2. The van der Waals surface area contributed by atoms with Crippen LogP contribution >= 0.6 is 11.6 Å². The second-order valence-corrected chi connectivity index (χ2v) is 7.51. The number of nitrogens with zero attached hydrogens (tertiary/aromatic N) is 3. The van der Waals surface area contributed by atoms with Crippen molar-refractivity contribution in [3.05, 3.63) is 76.4 Å². The van der Waals surface area contributed by atoms with Gasteiger partial charge in [-0.15, -0.1) is 0 Å². The summed E-state index contributed by atoms with van der Waals surface area (Å²) in [5.41, 5.74) is 4.96. The monoisotopic (exact) mass is 391 g/mol. The van der Waals surface area contributed by atoms with Crippen molar-refractivity contribution in [1.82, 2.24) is 9.99 Å². The summed E-state index contributed by atoms with van der Waals surface area (Å²) in [5, 5.41) is 7.85. The summed E-state index contributed by atoms with van der Waals surface area (Å²) in [6.07, 6.45) is 1.75. The molecule has 1 aromatic heterocycles. The number of benzene rings is 2. The molecule has 0 spiro atoms. The van der Waals surface area contributed by atoms with Crippen molar-refractivity contribution in [2.45, 2.75) is 39.2 Å². The van der Waals surface area contributed by atoms with E-state index in [0.717, 1.165) is 33.3 Å². The molecule has 0 N–H and O–H groups in total. The molecule has 1 aliphatic rings. The van der Waals surface area contributed by atoms with Gasteiger partial charge in [0, 0.05) is 18.2 Å². The van der Waals surface area contributed by atoms with Gasteiger partial charge in [0.05, 0.1) is 17.3 Å². The van der Waals surface area contributed by atoms with Crippen LogP contribution in [0.5, 0.6) is 0 Å². The van der Waals surface area contributed by atoms with E-state index >= 15 is 0 Å². The molecule has 2 heterocycles. The van der Waals surface area contributed by atoms with Crippen LogP contribution in [0.4, 0.5) is 0 Å². The number of carbonyl (C=O) groups is 1. The van der Waals surface area contributed by atoms with Crippen molar-refractivity contribution < 1.29 is 4.79 Å². The van der Waals surface area contributed by atoms with E-state index in [1.807, 2.05) is 62.4 Å². The molecule has 0 saturated carbocycles.